The molecular weight excluding hydrogens is 351 g/mol. The molecule has 24 heavy (non-hydrogen) atoms. The molecule has 2 heterocycles. The molecule has 1 aliphatic rings. The molecule has 1 aliphatic heterocycles. The van der Waals surface area contributed by atoms with Gasteiger partial charge in [-0.05, 0) is 35.7 Å². The molecule has 130 valence electrons. The monoisotopic (exact) mass is 370 g/mol. The van der Waals surface area contributed by atoms with Crippen LogP contribution in [0, 0.1) is 5.82 Å². The van der Waals surface area contributed by atoms with Crippen molar-refractivity contribution in [1.29, 1.82) is 0 Å². The molecule has 0 bridgehead atoms. The lowest BCUT2D eigenvalue weighted by Gasteiger charge is -2.33. The topological polar surface area (TPSA) is 49.9 Å². The summed E-state index contributed by atoms with van der Waals surface area (Å²) in [4.78, 5) is 2.17. The van der Waals surface area contributed by atoms with E-state index in [9.17, 15) is 12.8 Å². The summed E-state index contributed by atoms with van der Waals surface area (Å²) in [5, 5.41) is 1.77. The molecule has 3 rings (SSSR count). The molecule has 1 aromatic carbocycles. The Labute approximate surface area is 145 Å². The summed E-state index contributed by atoms with van der Waals surface area (Å²) < 4.78 is 45.2. The van der Waals surface area contributed by atoms with Crippen molar-refractivity contribution in [3.05, 3.63) is 47.6 Å². The van der Waals surface area contributed by atoms with Gasteiger partial charge in [0.15, 0.2) is 0 Å². The smallest absolute Gasteiger partial charge is 0.252 e. The van der Waals surface area contributed by atoms with Crippen LogP contribution in [0.3, 0.4) is 0 Å². The van der Waals surface area contributed by atoms with Crippen LogP contribution < -0.4 is 4.74 Å². The van der Waals surface area contributed by atoms with Gasteiger partial charge in [-0.25, -0.2) is 12.8 Å². The summed E-state index contributed by atoms with van der Waals surface area (Å²) >= 11 is 1.25. The first kappa shape index (κ1) is 17.3. The Morgan fingerprint density at radius 1 is 1.08 bits per heavy atom. The Balaban J connectivity index is 1.45. The number of thiophene rings is 1. The van der Waals surface area contributed by atoms with E-state index in [-0.39, 0.29) is 5.82 Å². The Hall–Kier alpha value is -1.48. The Morgan fingerprint density at radius 2 is 1.79 bits per heavy atom. The second kappa shape index (κ2) is 7.60. The van der Waals surface area contributed by atoms with Gasteiger partial charge in [0, 0.05) is 32.7 Å². The van der Waals surface area contributed by atoms with Gasteiger partial charge < -0.3 is 4.74 Å². The average molecular weight is 370 g/mol. The molecule has 0 atom stereocenters. The van der Waals surface area contributed by atoms with Crippen LogP contribution in [-0.4, -0.2) is 57.0 Å². The molecule has 1 fully saturated rings. The number of hydrogen-bond acceptors (Lipinski definition) is 5. The Bertz CT molecular complexity index is 740. The third-order valence-electron chi connectivity index (χ3n) is 3.91. The number of sulfonamides is 1. The molecule has 0 radical (unpaired) electrons. The summed E-state index contributed by atoms with van der Waals surface area (Å²) in [6, 6.07) is 9.32. The number of benzene rings is 1. The molecule has 0 amide bonds. The number of rotatable bonds is 6. The van der Waals surface area contributed by atoms with Crippen molar-refractivity contribution in [3.8, 4) is 5.75 Å². The van der Waals surface area contributed by atoms with Gasteiger partial charge >= 0.3 is 0 Å². The molecule has 0 N–H and O–H groups in total. The van der Waals surface area contributed by atoms with Crippen LogP contribution in [0.5, 0.6) is 5.75 Å². The molecule has 0 saturated carbocycles. The minimum absolute atomic E-state index is 0.287. The minimum atomic E-state index is -3.35. The van der Waals surface area contributed by atoms with E-state index >= 15 is 0 Å². The van der Waals surface area contributed by atoms with Crippen LogP contribution in [-0.2, 0) is 10.0 Å². The predicted octanol–water partition coefficient (Wildman–Crippen LogP) is 2.27. The molecule has 0 unspecified atom stereocenters. The lowest BCUT2D eigenvalue weighted by atomic mass is 10.3. The SMILES string of the molecule is O=S(=O)(c1cccs1)N1CCN(CCOc2ccc(F)cc2)CC1. The maximum atomic E-state index is 12.8. The van der Waals surface area contributed by atoms with E-state index in [0.717, 1.165) is 0 Å². The van der Waals surface area contributed by atoms with Crippen LogP contribution in [0.4, 0.5) is 4.39 Å². The second-order valence-electron chi connectivity index (χ2n) is 5.48. The van der Waals surface area contributed by atoms with Crippen LogP contribution in [0.25, 0.3) is 0 Å². The first-order chi connectivity index (χ1) is 11.6. The average Bonchev–Trinajstić information content (AvgIpc) is 3.13. The number of halogens is 1. The summed E-state index contributed by atoms with van der Waals surface area (Å²) in [6.45, 7) is 3.52. The maximum absolute atomic E-state index is 12.8. The third kappa shape index (κ3) is 4.13. The van der Waals surface area contributed by atoms with Crippen LogP contribution in [0.15, 0.2) is 46.0 Å². The summed E-state index contributed by atoms with van der Waals surface area (Å²) in [7, 11) is -3.35. The van der Waals surface area contributed by atoms with E-state index in [4.69, 9.17) is 4.74 Å². The van der Waals surface area contributed by atoms with Gasteiger partial charge in [-0.15, -0.1) is 11.3 Å². The molecule has 0 aliphatic carbocycles. The zero-order valence-corrected chi connectivity index (χ0v) is 14.7. The van der Waals surface area contributed by atoms with E-state index in [0.29, 0.717) is 49.3 Å². The first-order valence-corrected chi connectivity index (χ1v) is 10.0. The number of piperazine rings is 1. The van der Waals surface area contributed by atoms with Crippen molar-refractivity contribution in [2.24, 2.45) is 0 Å². The lowest BCUT2D eigenvalue weighted by molar-refractivity contribution is 0.159. The quantitative estimate of drug-likeness (QED) is 0.783. The van der Waals surface area contributed by atoms with Crippen molar-refractivity contribution in [2.75, 3.05) is 39.3 Å². The minimum Gasteiger partial charge on any atom is -0.492 e. The zero-order chi connectivity index (χ0) is 17.0. The third-order valence-corrected chi connectivity index (χ3v) is 7.18. The van der Waals surface area contributed by atoms with Crippen molar-refractivity contribution in [1.82, 2.24) is 9.21 Å². The Morgan fingerprint density at radius 3 is 2.42 bits per heavy atom. The fourth-order valence-corrected chi connectivity index (χ4v) is 5.12. The summed E-state index contributed by atoms with van der Waals surface area (Å²) in [5.74, 6) is 0.348. The van der Waals surface area contributed by atoms with Crippen molar-refractivity contribution in [3.63, 3.8) is 0 Å². The van der Waals surface area contributed by atoms with E-state index in [1.807, 2.05) is 0 Å². The van der Waals surface area contributed by atoms with E-state index in [1.54, 1.807) is 29.6 Å². The van der Waals surface area contributed by atoms with Gasteiger partial charge in [0.05, 0.1) is 0 Å². The highest BCUT2D eigenvalue weighted by Gasteiger charge is 2.28. The number of hydrogen-bond donors (Lipinski definition) is 0. The van der Waals surface area contributed by atoms with Crippen molar-refractivity contribution < 1.29 is 17.5 Å². The Kier molecular flexibility index (Phi) is 5.50. The molecule has 5 nitrogen and oxygen atoms in total. The van der Waals surface area contributed by atoms with Crippen LogP contribution in [0.1, 0.15) is 0 Å². The first-order valence-electron chi connectivity index (χ1n) is 7.70. The number of nitrogens with zero attached hydrogens (tertiary/aromatic N) is 2. The fraction of sp³-hybridized carbons (Fsp3) is 0.375. The van der Waals surface area contributed by atoms with Gasteiger partial charge in [0.1, 0.15) is 22.4 Å². The van der Waals surface area contributed by atoms with E-state index in [1.165, 1.54) is 27.8 Å². The fourth-order valence-electron chi connectivity index (χ4n) is 2.55. The molecule has 1 aromatic heterocycles. The van der Waals surface area contributed by atoms with Gasteiger partial charge in [0.2, 0.25) is 0 Å². The largest absolute Gasteiger partial charge is 0.492 e. The van der Waals surface area contributed by atoms with Crippen LogP contribution in [0.2, 0.25) is 0 Å². The van der Waals surface area contributed by atoms with Crippen molar-refractivity contribution >= 4 is 21.4 Å². The highest BCUT2D eigenvalue weighted by atomic mass is 32.2. The molecule has 2 aromatic rings. The lowest BCUT2D eigenvalue weighted by Crippen LogP contribution is -2.49. The van der Waals surface area contributed by atoms with Gasteiger partial charge in [-0.1, -0.05) is 6.07 Å². The molecule has 8 heteroatoms. The van der Waals surface area contributed by atoms with Gasteiger partial charge in [-0.3, -0.25) is 4.90 Å². The van der Waals surface area contributed by atoms with Crippen molar-refractivity contribution in [2.45, 2.75) is 4.21 Å². The second-order valence-corrected chi connectivity index (χ2v) is 8.59. The van der Waals surface area contributed by atoms with Crippen LogP contribution >= 0.6 is 11.3 Å². The maximum Gasteiger partial charge on any atom is 0.252 e. The number of ether oxygens (including phenoxy) is 1. The van der Waals surface area contributed by atoms with E-state index < -0.39 is 10.0 Å². The standard InChI is InChI=1S/C16H19FN2O3S2/c17-14-3-5-15(6-4-14)22-12-11-18-7-9-19(10-8-18)24(20,21)16-2-1-13-23-16/h1-6,13H,7-12H2. The highest BCUT2D eigenvalue weighted by molar-refractivity contribution is 7.91. The normalized spacial score (nSPS) is 17.0. The van der Waals surface area contributed by atoms with Gasteiger partial charge in [-0.2, -0.15) is 4.31 Å². The summed E-state index contributed by atoms with van der Waals surface area (Å²) in [5.41, 5.74) is 0. The van der Waals surface area contributed by atoms with E-state index in [2.05, 4.69) is 4.90 Å². The molecular formula is C16H19FN2O3S2. The zero-order valence-electron chi connectivity index (χ0n) is 13.1. The molecule has 0 spiro atoms. The highest BCUT2D eigenvalue weighted by Crippen LogP contribution is 2.22. The van der Waals surface area contributed by atoms with Gasteiger partial charge in [0.25, 0.3) is 10.0 Å². The molecule has 1 saturated heterocycles. The summed E-state index contributed by atoms with van der Waals surface area (Å²) in [6.07, 6.45) is 0. The predicted molar refractivity (Wildman–Crippen MR) is 91.4 cm³/mol.